The minimum absolute atomic E-state index is 0.0417. The molecule has 2 aromatic carbocycles. The molecule has 3 aliphatic heterocycles. The van der Waals surface area contributed by atoms with Gasteiger partial charge in [-0.3, -0.25) is 4.79 Å². The van der Waals surface area contributed by atoms with Gasteiger partial charge >= 0.3 is 0 Å². The second kappa shape index (κ2) is 6.82. The summed E-state index contributed by atoms with van der Waals surface area (Å²) < 4.78 is 11.5. The lowest BCUT2D eigenvalue weighted by atomic mass is 9.87. The van der Waals surface area contributed by atoms with E-state index in [1.54, 1.807) is 14.0 Å². The van der Waals surface area contributed by atoms with Crippen LogP contribution in [0, 0.1) is 0 Å². The molecule has 28 heavy (non-hydrogen) atoms. The molecule has 2 aromatic rings. The third-order valence-corrected chi connectivity index (χ3v) is 6.35. The van der Waals surface area contributed by atoms with Gasteiger partial charge in [-0.05, 0) is 73.3 Å². The van der Waals surface area contributed by atoms with Crippen LogP contribution in [0.4, 0.5) is 5.69 Å². The molecule has 2 atom stereocenters. The number of hydrogen-bond acceptors (Lipinski definition) is 5. The van der Waals surface area contributed by atoms with E-state index < -0.39 is 0 Å². The summed E-state index contributed by atoms with van der Waals surface area (Å²) in [6, 6.07) is 10.7. The Morgan fingerprint density at radius 2 is 2.18 bits per heavy atom. The van der Waals surface area contributed by atoms with Crippen molar-refractivity contribution in [3.05, 3.63) is 41.5 Å². The summed E-state index contributed by atoms with van der Waals surface area (Å²) in [6.07, 6.45) is 2.21. The Kier molecular flexibility index (Phi) is 4.27. The summed E-state index contributed by atoms with van der Waals surface area (Å²) in [6.45, 7) is 5.48. The average molecular weight is 378 g/mol. The highest BCUT2D eigenvalue weighted by Crippen LogP contribution is 2.51. The maximum absolute atomic E-state index is 12.3. The predicted octanol–water partition coefficient (Wildman–Crippen LogP) is 3.61. The summed E-state index contributed by atoms with van der Waals surface area (Å²) in [7, 11) is 1.63. The van der Waals surface area contributed by atoms with Crippen molar-refractivity contribution in [2.45, 2.75) is 31.7 Å². The smallest absolute Gasteiger partial charge is 0.160 e. The van der Waals surface area contributed by atoms with Crippen molar-refractivity contribution in [1.82, 2.24) is 5.32 Å². The number of nitrogens with zero attached hydrogens (tertiary/aromatic N) is 1. The first kappa shape index (κ1) is 17.6. The van der Waals surface area contributed by atoms with Crippen LogP contribution >= 0.6 is 0 Å². The third-order valence-electron chi connectivity index (χ3n) is 6.35. The molecule has 0 radical (unpaired) electrons. The number of rotatable bonds is 3. The molecule has 3 heterocycles. The first-order chi connectivity index (χ1) is 13.7. The molecule has 146 valence electrons. The monoisotopic (exact) mass is 378 g/mol. The Morgan fingerprint density at radius 3 is 3.00 bits per heavy atom. The fourth-order valence-electron chi connectivity index (χ4n) is 5.07. The van der Waals surface area contributed by atoms with Crippen LogP contribution < -0.4 is 19.7 Å². The highest BCUT2D eigenvalue weighted by molar-refractivity contribution is 6.01. The van der Waals surface area contributed by atoms with Gasteiger partial charge in [0.25, 0.3) is 0 Å². The summed E-state index contributed by atoms with van der Waals surface area (Å²) in [5.41, 5.74) is 5.32. The minimum atomic E-state index is 0.0417. The summed E-state index contributed by atoms with van der Waals surface area (Å²) in [5, 5.41) is 3.56. The lowest BCUT2D eigenvalue weighted by Crippen LogP contribution is -2.44. The zero-order valence-corrected chi connectivity index (χ0v) is 16.5. The molecule has 1 saturated heterocycles. The van der Waals surface area contributed by atoms with Gasteiger partial charge in [0.05, 0.1) is 19.4 Å². The van der Waals surface area contributed by atoms with E-state index in [0.29, 0.717) is 23.3 Å². The van der Waals surface area contributed by atoms with Gasteiger partial charge in [-0.1, -0.05) is 0 Å². The number of fused-ring (bicyclic) bond motifs is 3. The molecule has 1 fully saturated rings. The van der Waals surface area contributed by atoms with Crippen molar-refractivity contribution in [3.63, 3.8) is 0 Å². The number of carbonyl (C=O) groups excluding carboxylic acids is 1. The standard InChI is InChI=1S/C23H26N2O3/c1-14(26)18-12-16(27-2)4-5-17(18)15-10-19-20-13-24-7-6-21(20)25-8-3-9-28-22(11-15)23(19)25/h4-5,10-12,20-21,24H,3,6-9,13H2,1-2H3/t20-,21-/m0/s1. The number of ether oxygens (including phenoxy) is 2. The number of hydrogen-bond donors (Lipinski definition) is 1. The average Bonchev–Trinajstić information content (AvgIpc) is 2.88. The largest absolute Gasteiger partial charge is 0.497 e. The SMILES string of the molecule is COc1ccc(-c2cc3c4c(c2)[C@@H]2CNCC[C@@H]2N4CCCO3)c(C(C)=O)c1. The van der Waals surface area contributed by atoms with Crippen LogP contribution in [0.5, 0.6) is 11.5 Å². The molecular formula is C23H26N2O3. The van der Waals surface area contributed by atoms with Crippen molar-refractivity contribution in [2.24, 2.45) is 0 Å². The number of Topliss-reactive ketones (excluding diaryl/α,β-unsaturated/α-hetero) is 1. The summed E-state index contributed by atoms with van der Waals surface area (Å²) in [4.78, 5) is 14.9. The quantitative estimate of drug-likeness (QED) is 0.827. The van der Waals surface area contributed by atoms with E-state index in [0.717, 1.165) is 56.0 Å². The molecule has 0 amide bonds. The Bertz CT molecular complexity index is 940. The van der Waals surface area contributed by atoms with Crippen LogP contribution in [0.2, 0.25) is 0 Å². The van der Waals surface area contributed by atoms with Gasteiger partial charge in [0.1, 0.15) is 11.5 Å². The summed E-state index contributed by atoms with van der Waals surface area (Å²) in [5.74, 6) is 2.18. The van der Waals surface area contributed by atoms with E-state index in [9.17, 15) is 4.79 Å². The van der Waals surface area contributed by atoms with Crippen molar-refractivity contribution in [2.75, 3.05) is 38.3 Å². The number of ketones is 1. The van der Waals surface area contributed by atoms with Crippen LogP contribution in [0.15, 0.2) is 30.3 Å². The van der Waals surface area contributed by atoms with E-state index in [1.807, 2.05) is 18.2 Å². The second-order valence-electron chi connectivity index (χ2n) is 7.94. The maximum Gasteiger partial charge on any atom is 0.160 e. The number of piperidine rings is 1. The van der Waals surface area contributed by atoms with Crippen LogP contribution in [-0.4, -0.2) is 45.2 Å². The first-order valence-corrected chi connectivity index (χ1v) is 10.1. The molecular weight excluding hydrogens is 352 g/mol. The first-order valence-electron chi connectivity index (χ1n) is 10.1. The molecule has 1 N–H and O–H groups in total. The fraction of sp³-hybridized carbons (Fsp3) is 0.435. The Labute approximate surface area is 165 Å². The highest BCUT2D eigenvalue weighted by Gasteiger charge is 2.42. The topological polar surface area (TPSA) is 50.8 Å². The molecule has 0 bridgehead atoms. The highest BCUT2D eigenvalue weighted by atomic mass is 16.5. The number of nitrogens with one attached hydrogen (secondary N) is 1. The van der Waals surface area contributed by atoms with Crippen molar-refractivity contribution in [3.8, 4) is 22.6 Å². The van der Waals surface area contributed by atoms with E-state index >= 15 is 0 Å². The third kappa shape index (κ3) is 2.68. The van der Waals surface area contributed by atoms with Crippen molar-refractivity contribution < 1.29 is 14.3 Å². The van der Waals surface area contributed by atoms with Gasteiger partial charge in [-0.2, -0.15) is 0 Å². The van der Waals surface area contributed by atoms with Crippen LogP contribution in [-0.2, 0) is 0 Å². The Hall–Kier alpha value is -2.53. The second-order valence-corrected chi connectivity index (χ2v) is 7.94. The zero-order valence-electron chi connectivity index (χ0n) is 16.5. The molecule has 0 saturated carbocycles. The molecule has 0 unspecified atom stereocenters. The molecule has 5 heteroatoms. The molecule has 3 aliphatic rings. The predicted molar refractivity (Wildman–Crippen MR) is 110 cm³/mol. The Morgan fingerprint density at radius 1 is 1.29 bits per heavy atom. The fourth-order valence-corrected chi connectivity index (χ4v) is 5.07. The molecule has 5 rings (SSSR count). The van der Waals surface area contributed by atoms with Crippen LogP contribution in [0.1, 0.15) is 41.6 Å². The number of anilines is 1. The molecule has 0 spiro atoms. The van der Waals surface area contributed by atoms with E-state index in [-0.39, 0.29) is 5.78 Å². The molecule has 0 aromatic heterocycles. The lowest BCUT2D eigenvalue weighted by Gasteiger charge is -2.33. The maximum atomic E-state index is 12.3. The van der Waals surface area contributed by atoms with Gasteiger partial charge in [0, 0.05) is 30.6 Å². The van der Waals surface area contributed by atoms with Gasteiger partial charge < -0.3 is 19.7 Å². The minimum Gasteiger partial charge on any atom is -0.497 e. The van der Waals surface area contributed by atoms with E-state index in [1.165, 1.54) is 11.3 Å². The van der Waals surface area contributed by atoms with E-state index in [4.69, 9.17) is 9.47 Å². The van der Waals surface area contributed by atoms with Gasteiger partial charge in [-0.15, -0.1) is 0 Å². The van der Waals surface area contributed by atoms with Crippen LogP contribution in [0.3, 0.4) is 0 Å². The van der Waals surface area contributed by atoms with Gasteiger partial charge in [0.2, 0.25) is 0 Å². The Balaban J connectivity index is 1.69. The summed E-state index contributed by atoms with van der Waals surface area (Å²) >= 11 is 0. The number of benzene rings is 2. The van der Waals surface area contributed by atoms with Gasteiger partial charge in [0.15, 0.2) is 5.78 Å². The molecule has 0 aliphatic carbocycles. The number of carbonyl (C=O) groups is 1. The van der Waals surface area contributed by atoms with E-state index in [2.05, 4.69) is 22.3 Å². The van der Waals surface area contributed by atoms with Gasteiger partial charge in [-0.25, -0.2) is 0 Å². The zero-order chi connectivity index (χ0) is 19.3. The lowest BCUT2D eigenvalue weighted by molar-refractivity contribution is 0.101. The molecule has 5 nitrogen and oxygen atoms in total. The normalized spacial score (nSPS) is 22.7. The van der Waals surface area contributed by atoms with Crippen LogP contribution in [0.25, 0.3) is 11.1 Å². The number of methoxy groups -OCH3 is 1. The van der Waals surface area contributed by atoms with Crippen molar-refractivity contribution >= 4 is 11.5 Å². The van der Waals surface area contributed by atoms with Crippen molar-refractivity contribution in [1.29, 1.82) is 0 Å².